The Kier molecular flexibility index (Phi) is 7.46. The van der Waals surface area contributed by atoms with Gasteiger partial charge in [0.2, 0.25) is 10.0 Å². The Morgan fingerprint density at radius 1 is 1.24 bits per heavy atom. The lowest BCUT2D eigenvalue weighted by molar-refractivity contribution is 0.271. The summed E-state index contributed by atoms with van der Waals surface area (Å²) in [5.74, 6) is 0.178. The zero-order valence-corrected chi connectivity index (χ0v) is 16.8. The normalized spacial score (nSPS) is 18.7. The molecule has 138 valence electrons. The van der Waals surface area contributed by atoms with E-state index in [4.69, 9.17) is 0 Å². The predicted octanol–water partition coefficient (Wildman–Crippen LogP) is 3.25. The average molecular weight is 401 g/mol. The zero-order valence-electron chi connectivity index (χ0n) is 14.3. The molecule has 25 heavy (non-hydrogen) atoms. The first kappa shape index (κ1) is 20.4. The van der Waals surface area contributed by atoms with Crippen LogP contribution >= 0.6 is 23.7 Å². The molecule has 4 nitrogen and oxygen atoms in total. The van der Waals surface area contributed by atoms with Gasteiger partial charge in [-0.3, -0.25) is 0 Å². The van der Waals surface area contributed by atoms with E-state index < -0.39 is 10.0 Å². The van der Waals surface area contributed by atoms with Gasteiger partial charge in [0.1, 0.15) is 0 Å². The highest BCUT2D eigenvalue weighted by Crippen LogP contribution is 2.26. The lowest BCUT2D eigenvalue weighted by atomic mass is 10.0. The van der Waals surface area contributed by atoms with Crippen molar-refractivity contribution in [3.63, 3.8) is 0 Å². The molecule has 0 bridgehead atoms. The van der Waals surface area contributed by atoms with Gasteiger partial charge in [0, 0.05) is 24.5 Å². The second-order valence-electron chi connectivity index (χ2n) is 6.07. The van der Waals surface area contributed by atoms with Crippen molar-refractivity contribution in [2.75, 3.05) is 25.4 Å². The highest BCUT2D eigenvalue weighted by molar-refractivity contribution is 7.89. The van der Waals surface area contributed by atoms with E-state index in [9.17, 15) is 8.42 Å². The van der Waals surface area contributed by atoms with E-state index in [-0.39, 0.29) is 24.2 Å². The third kappa shape index (κ3) is 5.05. The summed E-state index contributed by atoms with van der Waals surface area (Å²) >= 11 is 1.62. The standard InChI is InChI=1S/C18H24N2O2S2.ClH/c1-2-15-5-7-16(8-6-15)18-14-19-10-11-20(18)24(21,22)13-9-17-4-3-12-23-17;/h3-8,12,18-19H,2,9-11,13-14H2,1H3;1H. The molecule has 1 aliphatic rings. The fourth-order valence-electron chi connectivity index (χ4n) is 3.08. The van der Waals surface area contributed by atoms with Gasteiger partial charge in [-0.15, -0.1) is 23.7 Å². The largest absolute Gasteiger partial charge is 0.313 e. The van der Waals surface area contributed by atoms with Crippen LogP contribution in [0.25, 0.3) is 0 Å². The molecule has 2 aromatic rings. The minimum atomic E-state index is -3.27. The van der Waals surface area contributed by atoms with Crippen molar-refractivity contribution in [1.29, 1.82) is 0 Å². The van der Waals surface area contributed by atoms with Gasteiger partial charge in [0.25, 0.3) is 0 Å². The van der Waals surface area contributed by atoms with Crippen LogP contribution < -0.4 is 5.32 Å². The Morgan fingerprint density at radius 2 is 2.00 bits per heavy atom. The summed E-state index contributed by atoms with van der Waals surface area (Å²) in [6.07, 6.45) is 1.58. The molecule has 0 amide bonds. The molecule has 0 spiro atoms. The molecule has 3 rings (SSSR count). The van der Waals surface area contributed by atoms with Crippen molar-refractivity contribution >= 4 is 33.8 Å². The Balaban J connectivity index is 0.00000225. The summed E-state index contributed by atoms with van der Waals surface area (Å²) in [6, 6.07) is 12.2. The lowest BCUT2D eigenvalue weighted by Gasteiger charge is -2.35. The predicted molar refractivity (Wildman–Crippen MR) is 107 cm³/mol. The SMILES string of the molecule is CCc1ccc(C2CNCCN2S(=O)(=O)CCc2cccs2)cc1.Cl. The van der Waals surface area contributed by atoms with Crippen LogP contribution in [0.1, 0.15) is 29.0 Å². The first-order valence-electron chi connectivity index (χ1n) is 8.41. The molecular formula is C18H25ClN2O2S2. The Bertz CT molecular complexity index is 746. The Morgan fingerprint density at radius 3 is 2.64 bits per heavy atom. The number of hydrogen-bond donors (Lipinski definition) is 1. The van der Waals surface area contributed by atoms with Crippen LogP contribution in [0.4, 0.5) is 0 Å². The molecule has 0 radical (unpaired) electrons. The molecule has 1 saturated heterocycles. The maximum Gasteiger partial charge on any atom is 0.215 e. The van der Waals surface area contributed by atoms with Gasteiger partial charge in [-0.2, -0.15) is 4.31 Å². The third-order valence-electron chi connectivity index (χ3n) is 4.51. The van der Waals surface area contributed by atoms with Gasteiger partial charge in [-0.1, -0.05) is 37.3 Å². The maximum absolute atomic E-state index is 12.9. The second-order valence-corrected chi connectivity index (χ2v) is 9.14. The van der Waals surface area contributed by atoms with E-state index in [2.05, 4.69) is 36.5 Å². The summed E-state index contributed by atoms with van der Waals surface area (Å²) in [6.45, 7) is 4.04. The number of halogens is 1. The number of thiophene rings is 1. The van der Waals surface area contributed by atoms with E-state index >= 15 is 0 Å². The van der Waals surface area contributed by atoms with Gasteiger partial charge < -0.3 is 5.32 Å². The summed E-state index contributed by atoms with van der Waals surface area (Å²) in [4.78, 5) is 1.12. The monoisotopic (exact) mass is 400 g/mol. The van der Waals surface area contributed by atoms with Gasteiger partial charge in [-0.25, -0.2) is 8.42 Å². The van der Waals surface area contributed by atoms with Crippen molar-refractivity contribution in [1.82, 2.24) is 9.62 Å². The molecule has 1 aromatic carbocycles. The van der Waals surface area contributed by atoms with Crippen LogP contribution in [0.2, 0.25) is 0 Å². The first-order valence-corrected chi connectivity index (χ1v) is 10.9. The molecule has 7 heteroatoms. The van der Waals surface area contributed by atoms with E-state index in [1.165, 1.54) is 5.56 Å². The van der Waals surface area contributed by atoms with Crippen molar-refractivity contribution in [2.45, 2.75) is 25.8 Å². The highest BCUT2D eigenvalue weighted by atomic mass is 35.5. The maximum atomic E-state index is 12.9. The van der Waals surface area contributed by atoms with Crippen molar-refractivity contribution in [3.05, 3.63) is 57.8 Å². The van der Waals surface area contributed by atoms with Gasteiger partial charge in [0.15, 0.2) is 0 Å². The van der Waals surface area contributed by atoms with E-state index in [1.807, 2.05) is 17.5 Å². The highest BCUT2D eigenvalue weighted by Gasteiger charge is 2.32. The van der Waals surface area contributed by atoms with E-state index in [0.29, 0.717) is 26.1 Å². The van der Waals surface area contributed by atoms with Crippen LogP contribution in [-0.2, 0) is 22.9 Å². The van der Waals surface area contributed by atoms with E-state index in [1.54, 1.807) is 15.6 Å². The molecule has 0 saturated carbocycles. The number of nitrogens with one attached hydrogen (secondary N) is 1. The smallest absolute Gasteiger partial charge is 0.215 e. The number of aryl methyl sites for hydroxylation is 2. The van der Waals surface area contributed by atoms with Crippen LogP contribution in [0.3, 0.4) is 0 Å². The summed E-state index contributed by atoms with van der Waals surface area (Å²) < 4.78 is 27.5. The molecule has 1 aromatic heterocycles. The third-order valence-corrected chi connectivity index (χ3v) is 7.32. The van der Waals surface area contributed by atoms with Crippen molar-refractivity contribution in [2.24, 2.45) is 0 Å². The second kappa shape index (κ2) is 9.14. The Hall–Kier alpha value is -0.920. The lowest BCUT2D eigenvalue weighted by Crippen LogP contribution is -2.49. The summed E-state index contributed by atoms with van der Waals surface area (Å²) in [7, 11) is -3.27. The minimum absolute atomic E-state index is 0. The molecule has 1 atom stereocenters. The number of nitrogens with zero attached hydrogens (tertiary/aromatic N) is 1. The van der Waals surface area contributed by atoms with E-state index in [0.717, 1.165) is 16.9 Å². The van der Waals surface area contributed by atoms with Crippen LogP contribution in [-0.4, -0.2) is 38.1 Å². The summed E-state index contributed by atoms with van der Waals surface area (Å²) in [5.41, 5.74) is 2.34. The number of rotatable bonds is 6. The molecule has 1 unspecified atom stereocenters. The Labute approximate surface area is 160 Å². The topological polar surface area (TPSA) is 49.4 Å². The van der Waals surface area contributed by atoms with Crippen LogP contribution in [0, 0.1) is 0 Å². The quantitative estimate of drug-likeness (QED) is 0.809. The zero-order chi connectivity index (χ0) is 17.0. The molecule has 0 aliphatic carbocycles. The number of sulfonamides is 1. The molecule has 1 aliphatic heterocycles. The van der Waals surface area contributed by atoms with Crippen molar-refractivity contribution in [3.8, 4) is 0 Å². The fourth-order valence-corrected chi connectivity index (χ4v) is 5.58. The molecule has 1 fully saturated rings. The molecule has 2 heterocycles. The fraction of sp³-hybridized carbons (Fsp3) is 0.444. The number of hydrogen-bond acceptors (Lipinski definition) is 4. The number of benzene rings is 1. The number of piperazine rings is 1. The van der Waals surface area contributed by atoms with Gasteiger partial charge >= 0.3 is 0 Å². The minimum Gasteiger partial charge on any atom is -0.313 e. The van der Waals surface area contributed by atoms with Crippen LogP contribution in [0.5, 0.6) is 0 Å². The van der Waals surface area contributed by atoms with Gasteiger partial charge in [-0.05, 0) is 35.4 Å². The average Bonchev–Trinajstić information content (AvgIpc) is 3.14. The molecule has 1 N–H and O–H groups in total. The van der Waals surface area contributed by atoms with Gasteiger partial charge in [0.05, 0.1) is 11.8 Å². The van der Waals surface area contributed by atoms with Crippen molar-refractivity contribution < 1.29 is 8.42 Å². The summed E-state index contributed by atoms with van der Waals surface area (Å²) in [5, 5.41) is 5.32. The molecular weight excluding hydrogens is 376 g/mol. The first-order chi connectivity index (χ1) is 11.6. The van der Waals surface area contributed by atoms with Crippen LogP contribution in [0.15, 0.2) is 41.8 Å².